The van der Waals surface area contributed by atoms with Crippen LogP contribution in [0.5, 0.6) is 5.75 Å². The fourth-order valence-electron chi connectivity index (χ4n) is 2.37. The molecule has 0 aliphatic heterocycles. The molecule has 0 unspecified atom stereocenters. The third kappa shape index (κ3) is 3.84. The summed E-state index contributed by atoms with van der Waals surface area (Å²) in [4.78, 5) is 0. The van der Waals surface area contributed by atoms with Gasteiger partial charge in [0.1, 0.15) is 5.75 Å². The van der Waals surface area contributed by atoms with E-state index < -0.39 is 0 Å². The third-order valence-electron chi connectivity index (χ3n) is 3.48. The van der Waals surface area contributed by atoms with Crippen LogP contribution in [0.3, 0.4) is 0 Å². The average molecular weight is 269 g/mol. The Morgan fingerprint density at radius 2 is 1.90 bits per heavy atom. The van der Waals surface area contributed by atoms with Crippen LogP contribution in [0.1, 0.15) is 36.6 Å². The van der Waals surface area contributed by atoms with E-state index in [0.29, 0.717) is 12.6 Å². The molecule has 0 saturated carbocycles. The van der Waals surface area contributed by atoms with Crippen molar-refractivity contribution in [3.63, 3.8) is 0 Å². The highest BCUT2D eigenvalue weighted by Gasteiger charge is 2.07. The van der Waals surface area contributed by atoms with Crippen molar-refractivity contribution in [2.45, 2.75) is 33.4 Å². The van der Waals surface area contributed by atoms with Crippen LogP contribution in [0.2, 0.25) is 0 Å². The molecular formula is C18H23NO. The molecule has 2 aromatic carbocycles. The summed E-state index contributed by atoms with van der Waals surface area (Å²) < 4.78 is 5.53. The van der Waals surface area contributed by atoms with Gasteiger partial charge in [0.05, 0.1) is 6.61 Å². The molecule has 2 nitrogen and oxygen atoms in total. The Bertz CT molecular complexity index is 551. The van der Waals surface area contributed by atoms with Gasteiger partial charge in [0, 0.05) is 12.6 Å². The molecule has 0 fully saturated rings. The van der Waals surface area contributed by atoms with Crippen LogP contribution < -0.4 is 10.1 Å². The van der Waals surface area contributed by atoms with Gasteiger partial charge in [-0.25, -0.2) is 0 Å². The number of hydrogen-bond acceptors (Lipinski definition) is 2. The highest BCUT2D eigenvalue weighted by atomic mass is 16.5. The Kier molecular flexibility index (Phi) is 5.19. The van der Waals surface area contributed by atoms with Gasteiger partial charge in [-0.1, -0.05) is 36.4 Å². The Labute approximate surface area is 121 Å². The highest BCUT2D eigenvalue weighted by molar-refractivity contribution is 5.30. The first kappa shape index (κ1) is 14.6. The Morgan fingerprint density at radius 1 is 1.10 bits per heavy atom. The minimum Gasteiger partial charge on any atom is -0.494 e. The molecular weight excluding hydrogens is 246 g/mol. The van der Waals surface area contributed by atoms with Crippen molar-refractivity contribution in [1.29, 1.82) is 0 Å². The maximum absolute atomic E-state index is 5.53. The predicted octanol–water partition coefficient (Wildman–Crippen LogP) is 4.24. The third-order valence-corrected chi connectivity index (χ3v) is 3.48. The van der Waals surface area contributed by atoms with Gasteiger partial charge in [-0.15, -0.1) is 0 Å². The molecule has 0 amide bonds. The molecule has 0 saturated heterocycles. The van der Waals surface area contributed by atoms with Crippen molar-refractivity contribution >= 4 is 0 Å². The number of ether oxygens (including phenoxy) is 1. The lowest BCUT2D eigenvalue weighted by Crippen LogP contribution is -2.18. The molecule has 20 heavy (non-hydrogen) atoms. The van der Waals surface area contributed by atoms with Crippen LogP contribution in [0.25, 0.3) is 0 Å². The average Bonchev–Trinajstić information content (AvgIpc) is 2.46. The van der Waals surface area contributed by atoms with E-state index in [4.69, 9.17) is 4.74 Å². The summed E-state index contributed by atoms with van der Waals surface area (Å²) >= 11 is 0. The van der Waals surface area contributed by atoms with Crippen LogP contribution in [0.4, 0.5) is 0 Å². The van der Waals surface area contributed by atoms with Gasteiger partial charge in [0.15, 0.2) is 0 Å². The second kappa shape index (κ2) is 7.11. The molecule has 2 rings (SSSR count). The Balaban J connectivity index is 1.98. The smallest absolute Gasteiger partial charge is 0.119 e. The fourth-order valence-corrected chi connectivity index (χ4v) is 2.37. The summed E-state index contributed by atoms with van der Waals surface area (Å²) in [6.07, 6.45) is 0. The summed E-state index contributed by atoms with van der Waals surface area (Å²) in [5, 5.41) is 3.57. The van der Waals surface area contributed by atoms with Gasteiger partial charge < -0.3 is 10.1 Å². The van der Waals surface area contributed by atoms with Crippen LogP contribution in [0, 0.1) is 6.92 Å². The van der Waals surface area contributed by atoms with Gasteiger partial charge in [0.25, 0.3) is 0 Å². The fraction of sp³-hybridized carbons (Fsp3) is 0.333. The van der Waals surface area contributed by atoms with Crippen LogP contribution in [-0.2, 0) is 6.54 Å². The normalized spacial score (nSPS) is 12.2. The van der Waals surface area contributed by atoms with Crippen LogP contribution in [-0.4, -0.2) is 6.61 Å². The van der Waals surface area contributed by atoms with E-state index in [-0.39, 0.29) is 0 Å². The molecule has 0 bridgehead atoms. The zero-order valence-electron chi connectivity index (χ0n) is 12.5. The molecule has 0 heterocycles. The summed E-state index contributed by atoms with van der Waals surface area (Å²) in [6, 6.07) is 17.1. The maximum Gasteiger partial charge on any atom is 0.119 e. The summed E-state index contributed by atoms with van der Waals surface area (Å²) in [7, 11) is 0. The van der Waals surface area contributed by atoms with Crippen molar-refractivity contribution < 1.29 is 4.74 Å². The molecule has 2 heteroatoms. The molecule has 1 atom stereocenters. The van der Waals surface area contributed by atoms with Gasteiger partial charge in [-0.2, -0.15) is 0 Å². The molecule has 0 aromatic heterocycles. The topological polar surface area (TPSA) is 21.3 Å². The maximum atomic E-state index is 5.53. The summed E-state index contributed by atoms with van der Waals surface area (Å²) in [6.45, 7) is 7.91. The van der Waals surface area contributed by atoms with Gasteiger partial charge >= 0.3 is 0 Å². The Hall–Kier alpha value is -1.80. The SMILES string of the molecule is CCOc1cccc(CN[C@@H](C)c2ccccc2C)c1. The van der Waals surface area contributed by atoms with Crippen molar-refractivity contribution in [2.24, 2.45) is 0 Å². The first-order valence-electron chi connectivity index (χ1n) is 7.21. The zero-order valence-corrected chi connectivity index (χ0v) is 12.5. The predicted molar refractivity (Wildman–Crippen MR) is 84.0 cm³/mol. The van der Waals surface area contributed by atoms with Crippen molar-refractivity contribution in [1.82, 2.24) is 5.32 Å². The van der Waals surface area contributed by atoms with Crippen molar-refractivity contribution in [3.8, 4) is 5.75 Å². The quantitative estimate of drug-likeness (QED) is 0.846. The summed E-state index contributed by atoms with van der Waals surface area (Å²) in [5.74, 6) is 0.940. The largest absolute Gasteiger partial charge is 0.494 e. The molecule has 0 spiro atoms. The Morgan fingerprint density at radius 3 is 2.65 bits per heavy atom. The van der Waals surface area contributed by atoms with Crippen LogP contribution in [0.15, 0.2) is 48.5 Å². The first-order chi connectivity index (χ1) is 9.70. The number of hydrogen-bond donors (Lipinski definition) is 1. The molecule has 106 valence electrons. The second-order valence-corrected chi connectivity index (χ2v) is 5.04. The van der Waals surface area contributed by atoms with E-state index in [2.05, 4.69) is 55.6 Å². The minimum atomic E-state index is 0.340. The second-order valence-electron chi connectivity index (χ2n) is 5.04. The molecule has 0 radical (unpaired) electrons. The lowest BCUT2D eigenvalue weighted by atomic mass is 10.0. The zero-order chi connectivity index (χ0) is 14.4. The van der Waals surface area contributed by atoms with E-state index in [0.717, 1.165) is 12.3 Å². The minimum absolute atomic E-state index is 0.340. The van der Waals surface area contributed by atoms with Crippen LogP contribution >= 0.6 is 0 Å². The lowest BCUT2D eigenvalue weighted by molar-refractivity contribution is 0.339. The number of aryl methyl sites for hydroxylation is 1. The van der Waals surface area contributed by atoms with Crippen molar-refractivity contribution in [3.05, 3.63) is 65.2 Å². The van der Waals surface area contributed by atoms with Gasteiger partial charge in [-0.05, 0) is 49.6 Å². The van der Waals surface area contributed by atoms with Gasteiger partial charge in [0.2, 0.25) is 0 Å². The lowest BCUT2D eigenvalue weighted by Gasteiger charge is -2.17. The van der Waals surface area contributed by atoms with E-state index in [1.165, 1.54) is 16.7 Å². The monoisotopic (exact) mass is 269 g/mol. The number of rotatable bonds is 6. The molecule has 2 aromatic rings. The van der Waals surface area contributed by atoms with E-state index in [1.807, 2.05) is 19.1 Å². The van der Waals surface area contributed by atoms with E-state index in [9.17, 15) is 0 Å². The van der Waals surface area contributed by atoms with E-state index >= 15 is 0 Å². The molecule has 0 aliphatic carbocycles. The highest BCUT2D eigenvalue weighted by Crippen LogP contribution is 2.18. The summed E-state index contributed by atoms with van der Waals surface area (Å²) in [5.41, 5.74) is 3.93. The standard InChI is InChI=1S/C18H23NO/c1-4-20-17-10-7-9-16(12-17)13-19-15(3)18-11-6-5-8-14(18)2/h5-12,15,19H,4,13H2,1-3H3/t15-/m0/s1. The van der Waals surface area contributed by atoms with Gasteiger partial charge in [-0.3, -0.25) is 0 Å². The number of benzene rings is 2. The number of nitrogens with one attached hydrogen (secondary N) is 1. The first-order valence-corrected chi connectivity index (χ1v) is 7.21. The molecule has 0 aliphatic rings. The van der Waals surface area contributed by atoms with E-state index in [1.54, 1.807) is 0 Å². The molecule has 1 N–H and O–H groups in total. The van der Waals surface area contributed by atoms with Crippen molar-refractivity contribution in [2.75, 3.05) is 6.61 Å².